The Morgan fingerprint density at radius 3 is 2.85 bits per heavy atom. The normalized spacial score (nSPS) is 19.0. The summed E-state index contributed by atoms with van der Waals surface area (Å²) in [4.78, 5) is 6.93. The lowest BCUT2D eigenvalue weighted by Crippen LogP contribution is -2.48. The van der Waals surface area contributed by atoms with Crippen LogP contribution in [0.3, 0.4) is 0 Å². The molecule has 2 atom stereocenters. The topological polar surface area (TPSA) is 57.1 Å². The molecule has 1 aliphatic heterocycles. The second-order valence-electron chi connectivity index (χ2n) is 6.20. The molecule has 1 heterocycles. The number of aliphatic hydroxyl groups is 1. The largest absolute Gasteiger partial charge is 0.389 e. The van der Waals surface area contributed by atoms with Crippen molar-refractivity contribution < 1.29 is 9.84 Å². The van der Waals surface area contributed by atoms with Gasteiger partial charge in [0.05, 0.1) is 25.9 Å². The summed E-state index contributed by atoms with van der Waals surface area (Å²) >= 11 is 2.04. The molecule has 2 rings (SSSR count). The maximum Gasteiger partial charge on any atom is 0.194 e. The molecule has 0 amide bonds. The van der Waals surface area contributed by atoms with Crippen LogP contribution in [0.5, 0.6) is 0 Å². The summed E-state index contributed by atoms with van der Waals surface area (Å²) in [5.74, 6) is 2.04. The maximum atomic E-state index is 10.2. The van der Waals surface area contributed by atoms with Gasteiger partial charge in [0.15, 0.2) is 5.96 Å². The molecule has 1 aromatic rings. The number of aliphatic imine (C=N–C) groups is 1. The predicted molar refractivity (Wildman–Crippen MR) is 122 cm³/mol. The summed E-state index contributed by atoms with van der Waals surface area (Å²) in [5, 5.41) is 14.2. The minimum absolute atomic E-state index is 0. The smallest absolute Gasteiger partial charge is 0.194 e. The van der Waals surface area contributed by atoms with Crippen molar-refractivity contribution in [3.8, 4) is 0 Å². The SMILES string of the molecule is CCNC(=NCC(O)COCc1ccccc1)N1CCSC(CC)C1.I. The van der Waals surface area contributed by atoms with E-state index < -0.39 is 6.10 Å². The van der Waals surface area contributed by atoms with Crippen molar-refractivity contribution in [3.63, 3.8) is 0 Å². The fourth-order valence-electron chi connectivity index (χ4n) is 2.72. The van der Waals surface area contributed by atoms with Crippen LogP contribution in [0.2, 0.25) is 0 Å². The van der Waals surface area contributed by atoms with Gasteiger partial charge < -0.3 is 20.1 Å². The molecule has 0 bridgehead atoms. The van der Waals surface area contributed by atoms with Crippen LogP contribution >= 0.6 is 35.7 Å². The maximum absolute atomic E-state index is 10.2. The van der Waals surface area contributed by atoms with Gasteiger partial charge in [0.1, 0.15) is 0 Å². The fraction of sp³-hybridized carbons (Fsp3) is 0.632. The first-order valence-electron chi connectivity index (χ1n) is 9.17. The van der Waals surface area contributed by atoms with E-state index in [0.717, 1.165) is 36.9 Å². The van der Waals surface area contributed by atoms with Crippen LogP contribution in [0.15, 0.2) is 35.3 Å². The number of hydrogen-bond donors (Lipinski definition) is 2. The molecule has 1 saturated heterocycles. The summed E-state index contributed by atoms with van der Waals surface area (Å²) in [6.07, 6.45) is 0.592. The molecule has 0 saturated carbocycles. The summed E-state index contributed by atoms with van der Waals surface area (Å²) in [6, 6.07) is 10.0. The molecule has 7 heteroatoms. The molecule has 0 aromatic heterocycles. The van der Waals surface area contributed by atoms with Crippen LogP contribution in [0.4, 0.5) is 0 Å². The molecule has 2 unspecified atom stereocenters. The van der Waals surface area contributed by atoms with E-state index in [1.165, 1.54) is 6.42 Å². The van der Waals surface area contributed by atoms with Gasteiger partial charge in [-0.2, -0.15) is 11.8 Å². The molecular formula is C19H32IN3O2S. The standard InChI is InChI=1S/C19H31N3O2S.HI/c1-3-18-13-22(10-11-25-18)19(20-4-2)21-12-17(23)15-24-14-16-8-6-5-7-9-16;/h5-9,17-18,23H,3-4,10-15H2,1-2H3,(H,20,21);1H. The number of guanidine groups is 1. The zero-order valence-electron chi connectivity index (χ0n) is 15.8. The van der Waals surface area contributed by atoms with Gasteiger partial charge >= 0.3 is 0 Å². The van der Waals surface area contributed by atoms with Crippen molar-refractivity contribution in [1.29, 1.82) is 0 Å². The van der Waals surface area contributed by atoms with Crippen LogP contribution in [-0.4, -0.2) is 65.9 Å². The molecule has 0 aliphatic carbocycles. The summed E-state index contributed by atoms with van der Waals surface area (Å²) < 4.78 is 5.60. The van der Waals surface area contributed by atoms with E-state index in [9.17, 15) is 5.11 Å². The Balaban J connectivity index is 0.00000338. The molecular weight excluding hydrogens is 461 g/mol. The van der Waals surface area contributed by atoms with Crippen molar-refractivity contribution in [3.05, 3.63) is 35.9 Å². The minimum Gasteiger partial charge on any atom is -0.389 e. The Kier molecular flexibility index (Phi) is 12.3. The van der Waals surface area contributed by atoms with Crippen LogP contribution < -0.4 is 5.32 Å². The summed E-state index contributed by atoms with van der Waals surface area (Å²) in [5.41, 5.74) is 1.11. The highest BCUT2D eigenvalue weighted by molar-refractivity contribution is 14.0. The van der Waals surface area contributed by atoms with Gasteiger partial charge in [-0.1, -0.05) is 37.3 Å². The molecule has 2 N–H and O–H groups in total. The van der Waals surface area contributed by atoms with Crippen molar-refractivity contribution >= 4 is 41.7 Å². The Morgan fingerprint density at radius 1 is 1.38 bits per heavy atom. The lowest BCUT2D eigenvalue weighted by atomic mass is 10.2. The van der Waals surface area contributed by atoms with E-state index in [1.807, 2.05) is 42.1 Å². The third-order valence-corrected chi connectivity index (χ3v) is 5.47. The van der Waals surface area contributed by atoms with Gasteiger partial charge in [0.2, 0.25) is 0 Å². The number of nitrogens with one attached hydrogen (secondary N) is 1. The first kappa shape index (κ1) is 23.5. The number of nitrogens with zero attached hydrogens (tertiary/aromatic N) is 2. The Hall–Kier alpha value is -0.510. The number of halogens is 1. The second kappa shape index (κ2) is 13.6. The zero-order chi connectivity index (χ0) is 17.9. The number of benzene rings is 1. The van der Waals surface area contributed by atoms with Crippen LogP contribution in [0.25, 0.3) is 0 Å². The Bertz CT molecular complexity index is 519. The average molecular weight is 493 g/mol. The first-order chi connectivity index (χ1) is 12.2. The van der Waals surface area contributed by atoms with E-state index in [4.69, 9.17) is 4.74 Å². The molecule has 1 fully saturated rings. The molecule has 148 valence electrons. The van der Waals surface area contributed by atoms with Gasteiger partial charge in [-0.25, -0.2) is 0 Å². The number of rotatable bonds is 8. The van der Waals surface area contributed by atoms with Gasteiger partial charge in [-0.3, -0.25) is 4.99 Å². The van der Waals surface area contributed by atoms with E-state index in [-0.39, 0.29) is 24.0 Å². The minimum atomic E-state index is -0.585. The lowest BCUT2D eigenvalue weighted by Gasteiger charge is -2.34. The van der Waals surface area contributed by atoms with E-state index in [2.05, 4.69) is 29.1 Å². The molecule has 0 radical (unpaired) electrons. The average Bonchev–Trinajstić information content (AvgIpc) is 2.66. The number of aliphatic hydroxyl groups excluding tert-OH is 1. The third kappa shape index (κ3) is 8.45. The summed E-state index contributed by atoms with van der Waals surface area (Å²) in [6.45, 7) is 8.34. The second-order valence-corrected chi connectivity index (χ2v) is 7.60. The lowest BCUT2D eigenvalue weighted by molar-refractivity contribution is 0.0330. The third-order valence-electron chi connectivity index (χ3n) is 4.10. The summed E-state index contributed by atoms with van der Waals surface area (Å²) in [7, 11) is 0. The molecule has 0 spiro atoms. The Morgan fingerprint density at radius 2 is 2.15 bits per heavy atom. The quantitative estimate of drug-likeness (QED) is 0.332. The highest BCUT2D eigenvalue weighted by Crippen LogP contribution is 2.21. The van der Waals surface area contributed by atoms with Crippen LogP contribution in [-0.2, 0) is 11.3 Å². The Labute approximate surface area is 179 Å². The first-order valence-corrected chi connectivity index (χ1v) is 10.2. The van der Waals surface area contributed by atoms with Gasteiger partial charge in [0.25, 0.3) is 0 Å². The van der Waals surface area contributed by atoms with Gasteiger partial charge in [-0.05, 0) is 18.9 Å². The van der Waals surface area contributed by atoms with Crippen LogP contribution in [0.1, 0.15) is 25.8 Å². The van der Waals surface area contributed by atoms with Crippen LogP contribution in [0, 0.1) is 0 Å². The highest BCUT2D eigenvalue weighted by atomic mass is 127. The zero-order valence-corrected chi connectivity index (χ0v) is 18.9. The fourth-order valence-corrected chi connectivity index (χ4v) is 3.90. The van der Waals surface area contributed by atoms with Crippen molar-refractivity contribution in [1.82, 2.24) is 10.2 Å². The molecule has 1 aromatic carbocycles. The molecule has 5 nitrogen and oxygen atoms in total. The van der Waals surface area contributed by atoms with Crippen molar-refractivity contribution in [2.45, 2.75) is 38.2 Å². The number of hydrogen-bond acceptors (Lipinski definition) is 4. The number of ether oxygens (including phenoxy) is 1. The van der Waals surface area contributed by atoms with Gasteiger partial charge in [0, 0.05) is 30.6 Å². The van der Waals surface area contributed by atoms with E-state index in [0.29, 0.717) is 25.0 Å². The number of thioether (sulfide) groups is 1. The predicted octanol–water partition coefficient (Wildman–Crippen LogP) is 2.98. The highest BCUT2D eigenvalue weighted by Gasteiger charge is 2.21. The molecule has 26 heavy (non-hydrogen) atoms. The van der Waals surface area contributed by atoms with E-state index in [1.54, 1.807) is 0 Å². The monoisotopic (exact) mass is 493 g/mol. The molecule has 1 aliphatic rings. The van der Waals surface area contributed by atoms with Gasteiger partial charge in [-0.15, -0.1) is 24.0 Å². The van der Waals surface area contributed by atoms with E-state index >= 15 is 0 Å². The van der Waals surface area contributed by atoms with Crippen molar-refractivity contribution in [2.75, 3.05) is 38.5 Å². The van der Waals surface area contributed by atoms with Crippen molar-refractivity contribution in [2.24, 2.45) is 4.99 Å².